The maximum atomic E-state index is 14.8. The summed E-state index contributed by atoms with van der Waals surface area (Å²) in [5, 5.41) is 0. The van der Waals surface area contributed by atoms with E-state index in [0.717, 1.165) is 34.1 Å². The van der Waals surface area contributed by atoms with Crippen LogP contribution >= 0.6 is 0 Å². The number of halogens is 1. The van der Waals surface area contributed by atoms with Crippen molar-refractivity contribution in [2.45, 2.75) is 80.8 Å². The largest absolute Gasteiger partial charge is 0.328 e. The Labute approximate surface area is 230 Å². The summed E-state index contributed by atoms with van der Waals surface area (Å²) in [4.78, 5) is 7.23. The van der Waals surface area contributed by atoms with Crippen molar-refractivity contribution in [3.8, 4) is 17.1 Å². The summed E-state index contributed by atoms with van der Waals surface area (Å²) in [7, 11) is 2.03. The van der Waals surface area contributed by atoms with E-state index in [-0.39, 0.29) is 0 Å². The van der Waals surface area contributed by atoms with Crippen molar-refractivity contribution in [3.63, 3.8) is 0 Å². The van der Waals surface area contributed by atoms with Gasteiger partial charge >= 0.3 is 0 Å². The zero-order valence-electron chi connectivity index (χ0n) is 25.2. The molecule has 0 aliphatic rings. The molecular weight excluding hydrogens is 469 g/mol. The van der Waals surface area contributed by atoms with Crippen LogP contribution in [0.15, 0.2) is 72.9 Å². The quantitative estimate of drug-likeness (QED) is 0.255. The Morgan fingerprint density at radius 3 is 1.92 bits per heavy atom. The molecule has 4 aromatic rings. The summed E-state index contributed by atoms with van der Waals surface area (Å²) in [6.07, 6.45) is 1.08. The molecule has 38 heavy (non-hydrogen) atoms. The van der Waals surface area contributed by atoms with E-state index >= 15 is 0 Å². The monoisotopic (exact) mass is 515 g/mol. The number of alkyl halides is 1. The lowest BCUT2D eigenvalue weighted by atomic mass is 9.78. The third-order valence-corrected chi connectivity index (χ3v) is 6.91. The van der Waals surface area contributed by atoms with Crippen LogP contribution in [0.2, 0.25) is 0 Å². The molecule has 1 aromatic heterocycles. The molecule has 1 heterocycles. The fourth-order valence-electron chi connectivity index (χ4n) is 4.68. The first-order chi connectivity index (χ1) is 18.1. The molecule has 0 fully saturated rings. The highest BCUT2D eigenvalue weighted by atomic mass is 19.1. The topological polar surface area (TPSA) is 21.1 Å². The molecule has 0 radical (unpaired) electrons. The Morgan fingerprint density at radius 1 is 0.842 bits per heavy atom. The molecule has 204 valence electrons. The van der Waals surface area contributed by atoms with Crippen LogP contribution in [0.4, 0.5) is 15.9 Å². The lowest BCUT2D eigenvalue weighted by Gasteiger charge is -2.29. The zero-order chi connectivity index (χ0) is 28.6. The van der Waals surface area contributed by atoms with Crippen molar-refractivity contribution < 1.29 is 4.39 Å². The van der Waals surface area contributed by atoms with Gasteiger partial charge in [0.15, 0.2) is 5.82 Å². The number of benzene rings is 3. The van der Waals surface area contributed by atoms with Crippen LogP contribution in [0.1, 0.15) is 70.7 Å². The molecule has 0 saturated carbocycles. The van der Waals surface area contributed by atoms with Crippen LogP contribution in [-0.2, 0) is 5.41 Å². The van der Waals surface area contributed by atoms with Crippen molar-refractivity contribution >= 4 is 11.5 Å². The Morgan fingerprint density at radius 2 is 1.37 bits per heavy atom. The van der Waals surface area contributed by atoms with Gasteiger partial charge < -0.3 is 4.90 Å². The summed E-state index contributed by atoms with van der Waals surface area (Å²) in [6.45, 7) is 19.9. The first-order valence-electron chi connectivity index (χ1n) is 13.8. The van der Waals surface area contributed by atoms with Crippen LogP contribution < -0.4 is 4.90 Å². The summed E-state index contributed by atoms with van der Waals surface area (Å²) >= 11 is 0. The SMILES string of the molecule is CC.CC.Cc1cc(C)c(-n2cc(N(C)c3ccccc3)nc2-c2ccccc2C(C)(C)[C@@H](C)F)c(C)c1. The second-order valence-corrected chi connectivity index (χ2v) is 9.82. The number of para-hydroxylation sites is 1. The number of nitrogens with zero attached hydrogens (tertiary/aromatic N) is 3. The van der Waals surface area contributed by atoms with Gasteiger partial charge in [-0.15, -0.1) is 0 Å². The minimum atomic E-state index is -1.01. The van der Waals surface area contributed by atoms with E-state index in [2.05, 4.69) is 66.8 Å². The first kappa shape index (κ1) is 30.8. The van der Waals surface area contributed by atoms with Gasteiger partial charge in [-0.3, -0.25) is 4.57 Å². The Balaban J connectivity index is 0.00000121. The molecule has 0 amide bonds. The molecule has 0 unspecified atom stereocenters. The van der Waals surface area contributed by atoms with E-state index in [1.807, 2.05) is 85.0 Å². The number of imidazole rings is 1. The smallest absolute Gasteiger partial charge is 0.152 e. The zero-order valence-corrected chi connectivity index (χ0v) is 25.2. The first-order valence-corrected chi connectivity index (χ1v) is 13.8. The highest BCUT2D eigenvalue weighted by Gasteiger charge is 2.32. The maximum Gasteiger partial charge on any atom is 0.152 e. The van der Waals surface area contributed by atoms with Crippen molar-refractivity contribution in [1.82, 2.24) is 9.55 Å². The van der Waals surface area contributed by atoms with E-state index < -0.39 is 11.6 Å². The summed E-state index contributed by atoms with van der Waals surface area (Å²) in [5.41, 5.74) is 7.01. The standard InChI is InChI=1S/C30H34FN3.2C2H6/c1-20-17-21(2)28(22(3)18-20)34-19-27(33(7)24-13-9-8-10-14-24)32-29(34)25-15-11-12-16-26(25)30(5,6)23(4)31;2*1-2/h8-19,23H,1-7H3;2*1-2H3/t23-;;/m1../s1. The van der Waals surface area contributed by atoms with Gasteiger partial charge in [-0.25, -0.2) is 9.37 Å². The van der Waals surface area contributed by atoms with Gasteiger partial charge in [0.05, 0.1) is 11.9 Å². The second kappa shape index (κ2) is 13.4. The number of aryl methyl sites for hydroxylation is 3. The number of rotatable bonds is 6. The van der Waals surface area contributed by atoms with Gasteiger partial charge in [0.2, 0.25) is 0 Å². The third-order valence-electron chi connectivity index (χ3n) is 6.91. The van der Waals surface area contributed by atoms with Crippen molar-refractivity contribution in [2.75, 3.05) is 11.9 Å². The van der Waals surface area contributed by atoms with E-state index in [4.69, 9.17) is 4.98 Å². The van der Waals surface area contributed by atoms with Gasteiger partial charge in [0, 0.05) is 23.7 Å². The summed E-state index contributed by atoms with van der Waals surface area (Å²) in [5.74, 6) is 1.65. The predicted molar refractivity (Wildman–Crippen MR) is 164 cm³/mol. The number of aromatic nitrogens is 2. The van der Waals surface area contributed by atoms with Crippen LogP contribution in [0.5, 0.6) is 0 Å². The van der Waals surface area contributed by atoms with E-state index in [9.17, 15) is 4.39 Å². The van der Waals surface area contributed by atoms with Crippen LogP contribution in [0.3, 0.4) is 0 Å². The molecule has 4 rings (SSSR count). The molecule has 4 heteroatoms. The average Bonchev–Trinajstić information content (AvgIpc) is 3.35. The van der Waals surface area contributed by atoms with E-state index in [0.29, 0.717) is 0 Å². The van der Waals surface area contributed by atoms with Crippen LogP contribution in [0.25, 0.3) is 17.1 Å². The molecule has 1 atom stereocenters. The number of anilines is 2. The Bertz CT molecular complexity index is 1280. The normalized spacial score (nSPS) is 11.6. The van der Waals surface area contributed by atoms with Crippen molar-refractivity contribution in [3.05, 3.63) is 95.2 Å². The third kappa shape index (κ3) is 6.35. The maximum absolute atomic E-state index is 14.8. The Kier molecular flexibility index (Phi) is 10.9. The Hall–Kier alpha value is -3.40. The molecule has 0 aliphatic heterocycles. The van der Waals surface area contributed by atoms with Gasteiger partial charge in [-0.2, -0.15) is 0 Å². The molecule has 0 saturated heterocycles. The highest BCUT2D eigenvalue weighted by molar-refractivity contribution is 5.71. The highest BCUT2D eigenvalue weighted by Crippen LogP contribution is 2.39. The van der Waals surface area contributed by atoms with Gasteiger partial charge in [0.25, 0.3) is 0 Å². The molecule has 0 bridgehead atoms. The van der Waals surface area contributed by atoms with Crippen molar-refractivity contribution in [1.29, 1.82) is 0 Å². The molecule has 3 nitrogen and oxygen atoms in total. The molecule has 0 N–H and O–H groups in total. The van der Waals surface area contributed by atoms with E-state index in [1.165, 1.54) is 16.7 Å². The van der Waals surface area contributed by atoms with Crippen molar-refractivity contribution in [2.24, 2.45) is 0 Å². The fourth-order valence-corrected chi connectivity index (χ4v) is 4.68. The summed E-state index contributed by atoms with van der Waals surface area (Å²) < 4.78 is 17.0. The lowest BCUT2D eigenvalue weighted by molar-refractivity contribution is 0.237. The fraction of sp³-hybridized carbons (Fsp3) is 0.382. The number of hydrogen-bond acceptors (Lipinski definition) is 2. The minimum Gasteiger partial charge on any atom is -0.328 e. The van der Waals surface area contributed by atoms with Crippen LogP contribution in [0, 0.1) is 20.8 Å². The molecule has 0 aliphatic carbocycles. The number of hydrogen-bond donors (Lipinski definition) is 0. The van der Waals surface area contributed by atoms with E-state index in [1.54, 1.807) is 6.92 Å². The summed E-state index contributed by atoms with van der Waals surface area (Å²) in [6, 6.07) is 22.7. The second-order valence-electron chi connectivity index (χ2n) is 9.82. The lowest BCUT2D eigenvalue weighted by Crippen LogP contribution is -2.28. The van der Waals surface area contributed by atoms with Gasteiger partial charge in [-0.1, -0.05) is 102 Å². The van der Waals surface area contributed by atoms with Gasteiger partial charge in [0.1, 0.15) is 12.0 Å². The van der Waals surface area contributed by atoms with Crippen LogP contribution in [-0.4, -0.2) is 22.8 Å². The van der Waals surface area contributed by atoms with Gasteiger partial charge in [-0.05, 0) is 56.5 Å². The molecular formula is C34H46FN3. The predicted octanol–water partition coefficient (Wildman–Crippen LogP) is 9.92. The minimum absolute atomic E-state index is 0.657. The molecule has 3 aromatic carbocycles. The molecule has 0 spiro atoms. The average molecular weight is 516 g/mol.